The van der Waals surface area contributed by atoms with Gasteiger partial charge < -0.3 is 5.11 Å². The number of rotatable bonds is 1. The molecule has 68 valence electrons. The molecule has 0 radical (unpaired) electrons. The van der Waals surface area contributed by atoms with Crippen molar-refractivity contribution in [1.82, 2.24) is 0 Å². The van der Waals surface area contributed by atoms with Gasteiger partial charge >= 0.3 is 0 Å². The first-order valence-corrected chi connectivity index (χ1v) is 4.45. The van der Waals surface area contributed by atoms with Gasteiger partial charge in [0, 0.05) is 0 Å². The Morgan fingerprint density at radius 1 is 1.50 bits per heavy atom. The zero-order valence-electron chi connectivity index (χ0n) is 7.98. The molecule has 2 heteroatoms. The molecule has 0 aliphatic heterocycles. The second kappa shape index (κ2) is 3.02. The predicted molar refractivity (Wildman–Crippen MR) is 47.9 cm³/mol. The van der Waals surface area contributed by atoms with Crippen LogP contribution >= 0.6 is 0 Å². The number of ketones is 1. The van der Waals surface area contributed by atoms with Gasteiger partial charge in [-0.2, -0.15) is 0 Å². The molecule has 1 aliphatic rings. The minimum atomic E-state index is -1.07. The number of hydrogen-bond acceptors (Lipinski definition) is 2. The van der Waals surface area contributed by atoms with Gasteiger partial charge in [0.1, 0.15) is 5.60 Å². The standard InChI is InChI=1S/C10H16O2/c1-4-10(12)6-5-7(2)8(3)9(10)11/h12H,4-6H2,1-3H3. The normalized spacial score (nSPS) is 31.2. The summed E-state index contributed by atoms with van der Waals surface area (Å²) in [6.45, 7) is 5.62. The van der Waals surface area contributed by atoms with Gasteiger partial charge in [-0.1, -0.05) is 12.5 Å². The first-order valence-electron chi connectivity index (χ1n) is 4.45. The Labute approximate surface area is 73.3 Å². The summed E-state index contributed by atoms with van der Waals surface area (Å²) in [5, 5.41) is 9.85. The molecule has 0 fully saturated rings. The lowest BCUT2D eigenvalue weighted by Gasteiger charge is -2.30. The van der Waals surface area contributed by atoms with Crippen molar-refractivity contribution >= 4 is 5.78 Å². The van der Waals surface area contributed by atoms with E-state index in [4.69, 9.17) is 0 Å². The van der Waals surface area contributed by atoms with E-state index in [1.807, 2.05) is 13.8 Å². The third-order valence-corrected chi connectivity index (χ3v) is 2.90. The lowest BCUT2D eigenvalue weighted by molar-refractivity contribution is -0.135. The van der Waals surface area contributed by atoms with E-state index in [1.54, 1.807) is 6.92 Å². The van der Waals surface area contributed by atoms with E-state index in [0.29, 0.717) is 12.8 Å². The topological polar surface area (TPSA) is 37.3 Å². The molecule has 1 rings (SSSR count). The van der Waals surface area contributed by atoms with Crippen LogP contribution in [-0.2, 0) is 4.79 Å². The van der Waals surface area contributed by atoms with Crippen LogP contribution in [0.3, 0.4) is 0 Å². The highest BCUT2D eigenvalue weighted by atomic mass is 16.3. The zero-order chi connectivity index (χ0) is 9.35. The number of allylic oxidation sites excluding steroid dienone is 1. The minimum absolute atomic E-state index is 0.0752. The number of Topliss-reactive ketones (excluding diaryl/α,β-unsaturated/α-hetero) is 1. The van der Waals surface area contributed by atoms with Gasteiger partial charge in [0.05, 0.1) is 0 Å². The van der Waals surface area contributed by atoms with Crippen molar-refractivity contribution in [1.29, 1.82) is 0 Å². The number of carbonyl (C=O) groups excluding carboxylic acids is 1. The van der Waals surface area contributed by atoms with Gasteiger partial charge in [0.25, 0.3) is 0 Å². The molecule has 1 unspecified atom stereocenters. The molecule has 0 saturated carbocycles. The van der Waals surface area contributed by atoms with Crippen LogP contribution in [0.5, 0.6) is 0 Å². The SMILES string of the molecule is CCC1(O)CCC(C)=C(C)C1=O. The lowest BCUT2D eigenvalue weighted by Crippen LogP contribution is -2.41. The van der Waals surface area contributed by atoms with Crippen molar-refractivity contribution in [2.45, 2.75) is 45.6 Å². The van der Waals surface area contributed by atoms with Gasteiger partial charge in [-0.3, -0.25) is 4.79 Å². The van der Waals surface area contributed by atoms with Crippen molar-refractivity contribution in [3.63, 3.8) is 0 Å². The molecule has 0 aromatic heterocycles. The first kappa shape index (κ1) is 9.46. The summed E-state index contributed by atoms with van der Waals surface area (Å²) in [6.07, 6.45) is 1.96. The monoisotopic (exact) mass is 168 g/mol. The van der Waals surface area contributed by atoms with E-state index < -0.39 is 5.60 Å². The Balaban J connectivity index is 2.99. The number of carbonyl (C=O) groups is 1. The third-order valence-electron chi connectivity index (χ3n) is 2.90. The fourth-order valence-electron chi connectivity index (χ4n) is 1.58. The van der Waals surface area contributed by atoms with E-state index in [2.05, 4.69) is 0 Å². The van der Waals surface area contributed by atoms with Crippen molar-refractivity contribution in [3.05, 3.63) is 11.1 Å². The largest absolute Gasteiger partial charge is 0.382 e. The average Bonchev–Trinajstić information content (AvgIpc) is 2.09. The lowest BCUT2D eigenvalue weighted by atomic mass is 9.79. The van der Waals surface area contributed by atoms with Crippen LogP contribution in [0.25, 0.3) is 0 Å². The summed E-state index contributed by atoms with van der Waals surface area (Å²) in [7, 11) is 0. The molecule has 12 heavy (non-hydrogen) atoms. The van der Waals surface area contributed by atoms with Crippen molar-refractivity contribution in [2.24, 2.45) is 0 Å². The van der Waals surface area contributed by atoms with Gasteiger partial charge in [-0.25, -0.2) is 0 Å². The Kier molecular flexibility index (Phi) is 2.38. The zero-order valence-corrected chi connectivity index (χ0v) is 7.98. The van der Waals surface area contributed by atoms with Gasteiger partial charge in [0.15, 0.2) is 5.78 Å². The molecule has 2 nitrogen and oxygen atoms in total. The smallest absolute Gasteiger partial charge is 0.189 e. The van der Waals surface area contributed by atoms with E-state index in [-0.39, 0.29) is 5.78 Å². The fourth-order valence-corrected chi connectivity index (χ4v) is 1.58. The molecule has 0 amide bonds. The second-order valence-electron chi connectivity index (χ2n) is 3.62. The Bertz CT molecular complexity index is 240. The highest BCUT2D eigenvalue weighted by molar-refractivity contribution is 6.02. The van der Waals surface area contributed by atoms with Crippen LogP contribution in [0, 0.1) is 0 Å². The molecular formula is C10H16O2. The second-order valence-corrected chi connectivity index (χ2v) is 3.62. The molecule has 0 bridgehead atoms. The van der Waals surface area contributed by atoms with E-state index in [0.717, 1.165) is 17.6 Å². The number of aliphatic hydroxyl groups is 1. The van der Waals surface area contributed by atoms with Gasteiger partial charge in [-0.15, -0.1) is 0 Å². The van der Waals surface area contributed by atoms with Crippen LogP contribution in [-0.4, -0.2) is 16.5 Å². The summed E-state index contributed by atoms with van der Waals surface area (Å²) < 4.78 is 0. The van der Waals surface area contributed by atoms with Gasteiger partial charge in [0.2, 0.25) is 0 Å². The maximum Gasteiger partial charge on any atom is 0.189 e. The molecule has 0 heterocycles. The molecule has 1 atom stereocenters. The molecule has 0 saturated heterocycles. The number of hydrogen-bond donors (Lipinski definition) is 1. The highest BCUT2D eigenvalue weighted by Crippen LogP contribution is 2.31. The Hall–Kier alpha value is -0.630. The molecular weight excluding hydrogens is 152 g/mol. The minimum Gasteiger partial charge on any atom is -0.382 e. The van der Waals surface area contributed by atoms with Crippen LogP contribution in [0.2, 0.25) is 0 Å². The Morgan fingerprint density at radius 2 is 2.08 bits per heavy atom. The molecule has 1 aliphatic carbocycles. The van der Waals surface area contributed by atoms with Crippen LogP contribution in [0.15, 0.2) is 11.1 Å². The fraction of sp³-hybridized carbons (Fsp3) is 0.700. The summed E-state index contributed by atoms with van der Waals surface area (Å²) in [6, 6.07) is 0. The summed E-state index contributed by atoms with van der Waals surface area (Å²) >= 11 is 0. The summed E-state index contributed by atoms with van der Waals surface area (Å²) in [5.41, 5.74) is 0.813. The van der Waals surface area contributed by atoms with E-state index >= 15 is 0 Å². The maximum absolute atomic E-state index is 11.6. The van der Waals surface area contributed by atoms with Crippen molar-refractivity contribution in [2.75, 3.05) is 0 Å². The van der Waals surface area contributed by atoms with Crippen LogP contribution in [0.4, 0.5) is 0 Å². The molecule has 0 aromatic rings. The van der Waals surface area contributed by atoms with Crippen LogP contribution < -0.4 is 0 Å². The molecule has 0 aromatic carbocycles. The highest BCUT2D eigenvalue weighted by Gasteiger charge is 2.37. The maximum atomic E-state index is 11.6. The van der Waals surface area contributed by atoms with Crippen LogP contribution in [0.1, 0.15) is 40.0 Å². The average molecular weight is 168 g/mol. The van der Waals surface area contributed by atoms with Crippen molar-refractivity contribution in [3.8, 4) is 0 Å². The Morgan fingerprint density at radius 3 is 2.58 bits per heavy atom. The van der Waals surface area contributed by atoms with Gasteiger partial charge in [-0.05, 0) is 38.7 Å². The molecule has 0 spiro atoms. The summed E-state index contributed by atoms with van der Waals surface area (Å²) in [5.74, 6) is -0.0752. The third kappa shape index (κ3) is 1.31. The quantitative estimate of drug-likeness (QED) is 0.648. The summed E-state index contributed by atoms with van der Waals surface area (Å²) in [4.78, 5) is 11.6. The predicted octanol–water partition coefficient (Wildman–Crippen LogP) is 1.83. The van der Waals surface area contributed by atoms with Crippen molar-refractivity contribution < 1.29 is 9.90 Å². The van der Waals surface area contributed by atoms with E-state index in [9.17, 15) is 9.90 Å². The molecule has 1 N–H and O–H groups in total. The first-order chi connectivity index (χ1) is 5.51. The van der Waals surface area contributed by atoms with E-state index in [1.165, 1.54) is 0 Å².